The average molecular weight is 343 g/mol. The van der Waals surface area contributed by atoms with Gasteiger partial charge in [0.2, 0.25) is 0 Å². The fraction of sp³-hybridized carbons (Fsp3) is 0.529. The zero-order valence-electron chi connectivity index (χ0n) is 14.4. The molecule has 0 atom stereocenters. The van der Waals surface area contributed by atoms with Crippen molar-refractivity contribution in [1.82, 2.24) is 24.9 Å². The zero-order valence-corrected chi connectivity index (χ0v) is 14.4. The number of rotatable bonds is 4. The van der Waals surface area contributed by atoms with Crippen molar-refractivity contribution >= 4 is 11.9 Å². The molecule has 8 heteroatoms. The third kappa shape index (κ3) is 2.81. The van der Waals surface area contributed by atoms with E-state index in [1.807, 2.05) is 6.07 Å². The van der Waals surface area contributed by atoms with E-state index in [0.29, 0.717) is 43.4 Å². The van der Waals surface area contributed by atoms with Crippen LogP contribution in [0.15, 0.2) is 6.07 Å². The van der Waals surface area contributed by atoms with Gasteiger partial charge in [0.25, 0.3) is 5.91 Å². The van der Waals surface area contributed by atoms with E-state index in [9.17, 15) is 9.59 Å². The van der Waals surface area contributed by atoms with Crippen LogP contribution in [0.2, 0.25) is 0 Å². The van der Waals surface area contributed by atoms with Crippen LogP contribution in [0.1, 0.15) is 63.6 Å². The lowest BCUT2D eigenvalue weighted by atomic mass is 10.0. The minimum atomic E-state index is -0.399. The Balaban J connectivity index is 1.57. The first kappa shape index (κ1) is 15.9. The maximum atomic E-state index is 12.8. The second-order valence-corrected chi connectivity index (χ2v) is 6.58. The van der Waals surface area contributed by atoms with Crippen LogP contribution in [0.4, 0.5) is 0 Å². The van der Waals surface area contributed by atoms with Crippen LogP contribution in [-0.2, 0) is 24.8 Å². The smallest absolute Gasteiger partial charge is 0.356 e. The molecule has 2 aliphatic rings. The molecule has 2 aromatic rings. The number of nitrogens with one attached hydrogen (secondary N) is 1. The van der Waals surface area contributed by atoms with Gasteiger partial charge in [0.05, 0.1) is 18.8 Å². The Kier molecular flexibility index (Phi) is 3.82. The van der Waals surface area contributed by atoms with E-state index in [-0.39, 0.29) is 5.91 Å². The number of esters is 1. The third-order valence-corrected chi connectivity index (χ3v) is 4.79. The van der Waals surface area contributed by atoms with Crippen LogP contribution >= 0.6 is 0 Å². The number of hydrogen-bond donors (Lipinski definition) is 1. The van der Waals surface area contributed by atoms with Crippen molar-refractivity contribution in [1.29, 1.82) is 0 Å². The summed E-state index contributed by atoms with van der Waals surface area (Å²) < 4.78 is 6.68. The van der Waals surface area contributed by atoms with E-state index in [2.05, 4.69) is 15.3 Å². The molecule has 0 spiro atoms. The monoisotopic (exact) mass is 343 g/mol. The van der Waals surface area contributed by atoms with Gasteiger partial charge in [0, 0.05) is 37.2 Å². The maximum absolute atomic E-state index is 12.8. The molecule has 4 rings (SSSR count). The van der Waals surface area contributed by atoms with Crippen LogP contribution in [0, 0.1) is 0 Å². The van der Waals surface area contributed by atoms with Gasteiger partial charge >= 0.3 is 5.97 Å². The number of aromatic amines is 1. The lowest BCUT2D eigenvalue weighted by Crippen LogP contribution is -2.36. The summed E-state index contributed by atoms with van der Waals surface area (Å²) in [5.74, 6) is 0.00653. The first-order valence-corrected chi connectivity index (χ1v) is 8.65. The van der Waals surface area contributed by atoms with E-state index >= 15 is 0 Å². The predicted molar refractivity (Wildman–Crippen MR) is 88.2 cm³/mol. The molecule has 1 fully saturated rings. The summed E-state index contributed by atoms with van der Waals surface area (Å²) in [6, 6.07) is 1.85. The average Bonchev–Trinajstić information content (AvgIpc) is 3.23. The molecule has 0 radical (unpaired) electrons. The Morgan fingerprint density at radius 1 is 1.40 bits per heavy atom. The molecule has 1 saturated carbocycles. The molecular weight excluding hydrogens is 322 g/mol. The normalized spacial score (nSPS) is 16.6. The molecule has 132 valence electrons. The molecule has 25 heavy (non-hydrogen) atoms. The Morgan fingerprint density at radius 2 is 2.20 bits per heavy atom. The summed E-state index contributed by atoms with van der Waals surface area (Å²) in [5.41, 5.74) is 3.53. The number of nitrogens with zero attached hydrogens (tertiary/aromatic N) is 4. The van der Waals surface area contributed by atoms with Crippen LogP contribution in [-0.4, -0.2) is 49.9 Å². The molecule has 1 N–H and O–H groups in total. The molecule has 1 amide bonds. The predicted octanol–water partition coefficient (Wildman–Crippen LogP) is 1.40. The van der Waals surface area contributed by atoms with Crippen LogP contribution in [0.3, 0.4) is 0 Å². The molecule has 1 aliphatic carbocycles. The van der Waals surface area contributed by atoms with Gasteiger partial charge in [0.1, 0.15) is 5.69 Å². The molecular formula is C17H21N5O3. The maximum Gasteiger partial charge on any atom is 0.356 e. The number of fused-ring (bicyclic) bond motifs is 1. The van der Waals surface area contributed by atoms with E-state index in [1.54, 1.807) is 23.6 Å². The van der Waals surface area contributed by atoms with Crippen molar-refractivity contribution in [2.24, 2.45) is 7.05 Å². The van der Waals surface area contributed by atoms with Crippen LogP contribution in [0.5, 0.6) is 0 Å². The number of hydrogen-bond acceptors (Lipinski definition) is 5. The van der Waals surface area contributed by atoms with Crippen LogP contribution in [0.25, 0.3) is 0 Å². The number of ether oxygens (including phenoxy) is 1. The molecule has 8 nitrogen and oxygen atoms in total. The lowest BCUT2D eigenvalue weighted by Gasteiger charge is -2.26. The Labute approximate surface area is 145 Å². The summed E-state index contributed by atoms with van der Waals surface area (Å²) in [5, 5.41) is 11.6. The van der Waals surface area contributed by atoms with E-state index < -0.39 is 5.97 Å². The number of aromatic nitrogens is 4. The Morgan fingerprint density at radius 3 is 2.92 bits per heavy atom. The van der Waals surface area contributed by atoms with Gasteiger partial charge in [-0.2, -0.15) is 10.2 Å². The van der Waals surface area contributed by atoms with Crippen molar-refractivity contribution < 1.29 is 14.3 Å². The second-order valence-electron chi connectivity index (χ2n) is 6.58. The molecule has 0 saturated heterocycles. The quantitative estimate of drug-likeness (QED) is 0.847. The van der Waals surface area contributed by atoms with Gasteiger partial charge in [-0.05, 0) is 25.8 Å². The van der Waals surface area contributed by atoms with Gasteiger partial charge in [-0.25, -0.2) is 4.79 Å². The van der Waals surface area contributed by atoms with Crippen molar-refractivity contribution in [3.05, 3.63) is 34.4 Å². The highest BCUT2D eigenvalue weighted by molar-refractivity contribution is 5.93. The highest BCUT2D eigenvalue weighted by Crippen LogP contribution is 2.39. The van der Waals surface area contributed by atoms with E-state index in [4.69, 9.17) is 4.74 Å². The van der Waals surface area contributed by atoms with Gasteiger partial charge < -0.3 is 9.64 Å². The first-order valence-electron chi connectivity index (χ1n) is 8.65. The van der Waals surface area contributed by atoms with Gasteiger partial charge in [-0.3, -0.25) is 14.6 Å². The number of aryl methyl sites for hydroxylation is 1. The number of carbonyl (C=O) groups excluding carboxylic acids is 2. The largest absolute Gasteiger partial charge is 0.461 e. The molecule has 1 aliphatic heterocycles. The SMILES string of the molecule is CCOC(=O)c1c2c(nn1C)CCN(C(=O)c1cc(C3CC3)[nH]n1)C2. The van der Waals surface area contributed by atoms with Crippen molar-refractivity contribution in [3.63, 3.8) is 0 Å². The van der Waals surface area contributed by atoms with E-state index in [0.717, 1.165) is 29.8 Å². The summed E-state index contributed by atoms with van der Waals surface area (Å²) in [6.45, 7) is 2.99. The Bertz CT molecular complexity index is 833. The van der Waals surface area contributed by atoms with Gasteiger partial charge in [-0.15, -0.1) is 0 Å². The summed E-state index contributed by atoms with van der Waals surface area (Å²) in [4.78, 5) is 26.7. The van der Waals surface area contributed by atoms with Gasteiger partial charge in [-0.1, -0.05) is 0 Å². The summed E-state index contributed by atoms with van der Waals surface area (Å²) >= 11 is 0. The highest BCUT2D eigenvalue weighted by atomic mass is 16.5. The van der Waals surface area contributed by atoms with Crippen molar-refractivity contribution in [2.45, 2.75) is 38.6 Å². The second kappa shape index (κ2) is 6.02. The highest BCUT2D eigenvalue weighted by Gasteiger charge is 2.32. The molecule has 0 bridgehead atoms. The van der Waals surface area contributed by atoms with Gasteiger partial charge in [0.15, 0.2) is 5.69 Å². The lowest BCUT2D eigenvalue weighted by molar-refractivity contribution is 0.0508. The topological polar surface area (TPSA) is 93.1 Å². The molecule has 0 unspecified atom stereocenters. The fourth-order valence-electron chi connectivity index (χ4n) is 3.34. The molecule has 0 aromatic carbocycles. The zero-order chi connectivity index (χ0) is 17.6. The molecule has 3 heterocycles. The number of amides is 1. The fourth-order valence-corrected chi connectivity index (χ4v) is 3.34. The first-order chi connectivity index (χ1) is 12.1. The van der Waals surface area contributed by atoms with E-state index in [1.165, 1.54) is 0 Å². The van der Waals surface area contributed by atoms with Crippen molar-refractivity contribution in [2.75, 3.05) is 13.2 Å². The number of carbonyl (C=O) groups is 2. The molecule has 2 aromatic heterocycles. The standard InChI is InChI=1S/C17H21N5O3/c1-3-25-17(24)15-11-9-22(7-6-12(11)20-21(15)2)16(23)14-8-13(18-19-14)10-4-5-10/h8,10H,3-7,9H2,1-2H3,(H,18,19). The minimum Gasteiger partial charge on any atom is -0.461 e. The van der Waals surface area contributed by atoms with Crippen molar-refractivity contribution in [3.8, 4) is 0 Å². The third-order valence-electron chi connectivity index (χ3n) is 4.79. The summed E-state index contributed by atoms with van der Waals surface area (Å²) in [6.07, 6.45) is 2.93. The summed E-state index contributed by atoms with van der Waals surface area (Å²) in [7, 11) is 1.73. The van der Waals surface area contributed by atoms with Crippen LogP contribution < -0.4 is 0 Å². The number of H-pyrrole nitrogens is 1. The minimum absolute atomic E-state index is 0.118. The Hall–Kier alpha value is -2.64.